The van der Waals surface area contributed by atoms with E-state index in [4.69, 9.17) is 23.2 Å². The lowest BCUT2D eigenvalue weighted by molar-refractivity contribution is 0.0983. The highest BCUT2D eigenvalue weighted by atomic mass is 35.5. The van der Waals surface area contributed by atoms with Crippen LogP contribution < -0.4 is 0 Å². The van der Waals surface area contributed by atoms with Gasteiger partial charge in [-0.15, -0.1) is 6.58 Å². The highest BCUT2D eigenvalue weighted by Crippen LogP contribution is 2.22. The van der Waals surface area contributed by atoms with Crippen LogP contribution in [0.15, 0.2) is 30.4 Å². The fraction of sp³-hybridized carbons (Fsp3) is 0.250. The van der Waals surface area contributed by atoms with E-state index in [2.05, 4.69) is 6.58 Å². The quantitative estimate of drug-likeness (QED) is 0.560. The van der Waals surface area contributed by atoms with E-state index in [-0.39, 0.29) is 5.78 Å². The van der Waals surface area contributed by atoms with Gasteiger partial charge in [0.1, 0.15) is 0 Å². The van der Waals surface area contributed by atoms with Crippen molar-refractivity contribution in [2.24, 2.45) is 0 Å². The SMILES string of the molecule is C=C(C)CCC(=O)c1cc(Cl)ccc1Cl. The minimum Gasteiger partial charge on any atom is -0.294 e. The lowest BCUT2D eigenvalue weighted by Crippen LogP contribution is -2.00. The van der Waals surface area contributed by atoms with E-state index in [9.17, 15) is 4.79 Å². The first-order valence-electron chi connectivity index (χ1n) is 4.63. The summed E-state index contributed by atoms with van der Waals surface area (Å²) >= 11 is 11.7. The lowest BCUT2D eigenvalue weighted by atomic mass is 10.0. The van der Waals surface area contributed by atoms with Crippen LogP contribution in [0.4, 0.5) is 0 Å². The largest absolute Gasteiger partial charge is 0.294 e. The minimum atomic E-state index is 0.00509. The minimum absolute atomic E-state index is 0.00509. The van der Waals surface area contributed by atoms with Crippen LogP contribution in [0.1, 0.15) is 30.1 Å². The molecule has 0 atom stereocenters. The van der Waals surface area contributed by atoms with Crippen LogP contribution in [0, 0.1) is 0 Å². The van der Waals surface area contributed by atoms with Crippen LogP contribution in [-0.2, 0) is 0 Å². The predicted octanol–water partition coefficient (Wildman–Crippen LogP) is 4.53. The van der Waals surface area contributed by atoms with E-state index in [1.807, 2.05) is 6.92 Å². The zero-order chi connectivity index (χ0) is 11.4. The molecule has 1 rings (SSSR count). The Bertz CT molecular complexity index is 397. The van der Waals surface area contributed by atoms with E-state index in [1.165, 1.54) is 0 Å². The Morgan fingerprint density at radius 1 is 1.33 bits per heavy atom. The number of Topliss-reactive ketones (excluding diaryl/α,β-unsaturated/α-hetero) is 1. The van der Waals surface area contributed by atoms with Gasteiger partial charge in [-0.25, -0.2) is 0 Å². The molecule has 0 heterocycles. The maximum atomic E-state index is 11.7. The average Bonchev–Trinajstić information content (AvgIpc) is 2.18. The molecule has 0 aliphatic heterocycles. The Kier molecular flexibility index (Phi) is 4.37. The van der Waals surface area contributed by atoms with Crippen LogP contribution in [-0.4, -0.2) is 5.78 Å². The molecule has 0 amide bonds. The van der Waals surface area contributed by atoms with Gasteiger partial charge in [-0.05, 0) is 31.5 Å². The third-order valence-corrected chi connectivity index (χ3v) is 2.57. The fourth-order valence-corrected chi connectivity index (χ4v) is 1.57. The zero-order valence-electron chi connectivity index (χ0n) is 8.52. The molecule has 0 unspecified atom stereocenters. The first-order chi connectivity index (χ1) is 7.00. The number of carbonyl (C=O) groups is 1. The lowest BCUT2D eigenvalue weighted by Gasteiger charge is -2.03. The van der Waals surface area contributed by atoms with E-state index < -0.39 is 0 Å². The van der Waals surface area contributed by atoms with Crippen molar-refractivity contribution in [3.63, 3.8) is 0 Å². The Morgan fingerprint density at radius 2 is 2.00 bits per heavy atom. The fourth-order valence-electron chi connectivity index (χ4n) is 1.17. The molecule has 1 aromatic carbocycles. The van der Waals surface area contributed by atoms with Gasteiger partial charge in [-0.2, -0.15) is 0 Å². The maximum Gasteiger partial charge on any atom is 0.164 e. The van der Waals surface area contributed by atoms with Crippen molar-refractivity contribution in [3.8, 4) is 0 Å². The van der Waals surface area contributed by atoms with Crippen molar-refractivity contribution in [1.82, 2.24) is 0 Å². The molecule has 0 fully saturated rings. The number of rotatable bonds is 4. The predicted molar refractivity (Wildman–Crippen MR) is 64.8 cm³/mol. The standard InChI is InChI=1S/C12H12Cl2O/c1-8(2)3-6-12(15)10-7-9(13)4-5-11(10)14/h4-5,7H,1,3,6H2,2H3. The first kappa shape index (κ1) is 12.3. The summed E-state index contributed by atoms with van der Waals surface area (Å²) in [5.74, 6) is 0.00509. The Hall–Kier alpha value is -0.790. The smallest absolute Gasteiger partial charge is 0.164 e. The van der Waals surface area contributed by atoms with Crippen molar-refractivity contribution in [2.75, 3.05) is 0 Å². The number of benzene rings is 1. The van der Waals surface area contributed by atoms with Crippen LogP contribution in [0.25, 0.3) is 0 Å². The van der Waals surface area contributed by atoms with Gasteiger partial charge in [0.25, 0.3) is 0 Å². The molecule has 0 aromatic heterocycles. The highest BCUT2D eigenvalue weighted by molar-refractivity contribution is 6.35. The normalized spacial score (nSPS) is 10.1. The van der Waals surface area contributed by atoms with Gasteiger partial charge in [0, 0.05) is 17.0 Å². The molecular formula is C12H12Cl2O. The van der Waals surface area contributed by atoms with Crippen LogP contribution in [0.3, 0.4) is 0 Å². The number of carbonyl (C=O) groups excluding carboxylic acids is 1. The Morgan fingerprint density at radius 3 is 2.60 bits per heavy atom. The molecular weight excluding hydrogens is 231 g/mol. The zero-order valence-corrected chi connectivity index (χ0v) is 10.0. The summed E-state index contributed by atoms with van der Waals surface area (Å²) in [6.45, 7) is 5.65. The molecule has 80 valence electrons. The molecule has 0 aliphatic rings. The third-order valence-electron chi connectivity index (χ3n) is 2.01. The molecule has 15 heavy (non-hydrogen) atoms. The van der Waals surface area contributed by atoms with Crippen LogP contribution in [0.5, 0.6) is 0 Å². The van der Waals surface area contributed by atoms with Crippen molar-refractivity contribution >= 4 is 29.0 Å². The number of allylic oxidation sites excluding steroid dienone is 1. The van der Waals surface area contributed by atoms with Crippen molar-refractivity contribution in [2.45, 2.75) is 19.8 Å². The summed E-state index contributed by atoms with van der Waals surface area (Å²) in [6, 6.07) is 4.90. The second kappa shape index (κ2) is 5.34. The molecule has 0 radical (unpaired) electrons. The molecule has 0 aliphatic carbocycles. The number of ketones is 1. The molecule has 1 aromatic rings. The first-order valence-corrected chi connectivity index (χ1v) is 5.39. The van der Waals surface area contributed by atoms with Gasteiger partial charge in [0.15, 0.2) is 5.78 Å². The van der Waals surface area contributed by atoms with Gasteiger partial charge in [0.05, 0.1) is 5.02 Å². The van der Waals surface area contributed by atoms with Gasteiger partial charge in [-0.3, -0.25) is 4.79 Å². The summed E-state index contributed by atoms with van der Waals surface area (Å²) in [5, 5.41) is 0.976. The second-order valence-electron chi connectivity index (χ2n) is 3.50. The van der Waals surface area contributed by atoms with Crippen LogP contribution >= 0.6 is 23.2 Å². The third kappa shape index (κ3) is 3.69. The van der Waals surface area contributed by atoms with Gasteiger partial charge in [0.2, 0.25) is 0 Å². The molecule has 0 N–H and O–H groups in total. The van der Waals surface area contributed by atoms with Crippen molar-refractivity contribution in [3.05, 3.63) is 46.0 Å². The van der Waals surface area contributed by atoms with Gasteiger partial charge in [-0.1, -0.05) is 28.8 Å². The molecule has 0 saturated heterocycles. The average molecular weight is 243 g/mol. The Labute approximate surface area is 99.7 Å². The van der Waals surface area contributed by atoms with Crippen molar-refractivity contribution in [1.29, 1.82) is 0 Å². The highest BCUT2D eigenvalue weighted by Gasteiger charge is 2.10. The molecule has 0 spiro atoms. The van der Waals surface area contributed by atoms with Crippen molar-refractivity contribution < 1.29 is 4.79 Å². The summed E-state index contributed by atoms with van der Waals surface area (Å²) in [7, 11) is 0. The van der Waals surface area contributed by atoms with E-state index in [0.29, 0.717) is 28.5 Å². The number of hydrogen-bond acceptors (Lipinski definition) is 1. The molecule has 0 saturated carbocycles. The monoisotopic (exact) mass is 242 g/mol. The summed E-state index contributed by atoms with van der Waals surface area (Å²) in [6.07, 6.45) is 1.11. The van der Waals surface area contributed by atoms with Gasteiger partial charge >= 0.3 is 0 Å². The topological polar surface area (TPSA) is 17.1 Å². The summed E-state index contributed by atoms with van der Waals surface area (Å²) in [5.41, 5.74) is 1.48. The Balaban J connectivity index is 2.81. The molecule has 0 bridgehead atoms. The maximum absolute atomic E-state index is 11.7. The van der Waals surface area contributed by atoms with E-state index in [0.717, 1.165) is 5.57 Å². The number of halogens is 2. The second-order valence-corrected chi connectivity index (χ2v) is 4.35. The summed E-state index contributed by atoms with van der Waals surface area (Å²) < 4.78 is 0. The summed E-state index contributed by atoms with van der Waals surface area (Å²) in [4.78, 5) is 11.7. The van der Waals surface area contributed by atoms with Gasteiger partial charge < -0.3 is 0 Å². The van der Waals surface area contributed by atoms with E-state index >= 15 is 0 Å². The van der Waals surface area contributed by atoms with Crippen LogP contribution in [0.2, 0.25) is 10.0 Å². The van der Waals surface area contributed by atoms with E-state index in [1.54, 1.807) is 18.2 Å². The molecule has 3 heteroatoms. The molecule has 1 nitrogen and oxygen atoms in total. The number of hydrogen-bond donors (Lipinski definition) is 0.